The number of rotatable bonds is 7. The van der Waals surface area contributed by atoms with Gasteiger partial charge in [-0.1, -0.05) is 49.9 Å². The van der Waals surface area contributed by atoms with Crippen molar-refractivity contribution < 1.29 is 4.79 Å². The molecule has 1 atom stereocenters. The van der Waals surface area contributed by atoms with Crippen LogP contribution in [0.25, 0.3) is 16.6 Å². The molecule has 0 saturated carbocycles. The van der Waals surface area contributed by atoms with Gasteiger partial charge in [0.15, 0.2) is 5.16 Å². The van der Waals surface area contributed by atoms with E-state index in [1.165, 1.54) is 11.8 Å². The quantitative estimate of drug-likeness (QED) is 0.444. The van der Waals surface area contributed by atoms with E-state index in [2.05, 4.69) is 19.2 Å². The van der Waals surface area contributed by atoms with Crippen LogP contribution >= 0.6 is 11.8 Å². The molecule has 0 bridgehead atoms. The van der Waals surface area contributed by atoms with Crippen molar-refractivity contribution in [2.24, 2.45) is 5.92 Å². The van der Waals surface area contributed by atoms with Gasteiger partial charge in [-0.2, -0.15) is 0 Å². The SMILES string of the molecule is Cc1cccc(-n2c(SC(C)C(=O)NCCC(C)C)nc3ccccc3c2=O)c1C. The summed E-state index contributed by atoms with van der Waals surface area (Å²) < 4.78 is 1.65. The van der Waals surface area contributed by atoms with Crippen LogP contribution in [0.1, 0.15) is 38.3 Å². The van der Waals surface area contributed by atoms with Gasteiger partial charge < -0.3 is 5.32 Å². The zero-order valence-electron chi connectivity index (χ0n) is 18.2. The zero-order chi connectivity index (χ0) is 21.8. The first-order chi connectivity index (χ1) is 14.3. The maximum Gasteiger partial charge on any atom is 0.266 e. The molecule has 0 fully saturated rings. The number of aryl methyl sites for hydroxylation is 1. The number of hydrogen-bond acceptors (Lipinski definition) is 4. The minimum Gasteiger partial charge on any atom is -0.355 e. The molecular weight excluding hydrogens is 394 g/mol. The minimum atomic E-state index is -0.374. The van der Waals surface area contributed by atoms with Crippen molar-refractivity contribution in [2.75, 3.05) is 6.54 Å². The van der Waals surface area contributed by atoms with E-state index in [-0.39, 0.29) is 16.7 Å². The average Bonchev–Trinajstić information content (AvgIpc) is 2.70. The Balaban J connectivity index is 2.04. The number of para-hydroxylation sites is 1. The molecule has 0 saturated heterocycles. The number of aromatic nitrogens is 2. The Hall–Kier alpha value is -2.60. The number of hydrogen-bond donors (Lipinski definition) is 1. The summed E-state index contributed by atoms with van der Waals surface area (Å²) in [6, 6.07) is 13.2. The lowest BCUT2D eigenvalue weighted by molar-refractivity contribution is -0.120. The highest BCUT2D eigenvalue weighted by atomic mass is 32.2. The van der Waals surface area contributed by atoms with Crippen molar-refractivity contribution in [1.82, 2.24) is 14.9 Å². The maximum absolute atomic E-state index is 13.4. The molecule has 0 aliphatic carbocycles. The average molecular weight is 424 g/mol. The molecule has 3 rings (SSSR count). The van der Waals surface area contributed by atoms with Crippen LogP contribution in [-0.4, -0.2) is 27.3 Å². The number of fused-ring (bicyclic) bond motifs is 1. The van der Waals surface area contributed by atoms with Crippen molar-refractivity contribution >= 4 is 28.6 Å². The normalized spacial score (nSPS) is 12.3. The van der Waals surface area contributed by atoms with Gasteiger partial charge in [0.2, 0.25) is 5.91 Å². The molecule has 5 nitrogen and oxygen atoms in total. The standard InChI is InChI=1S/C24H29N3O2S/c1-15(2)13-14-25-22(28)18(5)30-24-26-20-11-7-6-10-19(20)23(29)27(24)21-12-8-9-16(3)17(21)4/h6-12,15,18H,13-14H2,1-5H3,(H,25,28). The number of amides is 1. The molecule has 1 heterocycles. The van der Waals surface area contributed by atoms with Crippen LogP contribution in [-0.2, 0) is 4.79 Å². The predicted molar refractivity (Wildman–Crippen MR) is 125 cm³/mol. The number of benzene rings is 2. The summed E-state index contributed by atoms with van der Waals surface area (Å²) in [7, 11) is 0. The third kappa shape index (κ3) is 4.75. The monoisotopic (exact) mass is 423 g/mol. The second-order valence-corrected chi connectivity index (χ2v) is 9.31. The molecule has 0 radical (unpaired) electrons. The van der Waals surface area contributed by atoms with Gasteiger partial charge in [-0.15, -0.1) is 0 Å². The molecule has 1 N–H and O–H groups in total. The van der Waals surface area contributed by atoms with Crippen LogP contribution in [0, 0.1) is 19.8 Å². The van der Waals surface area contributed by atoms with Crippen molar-refractivity contribution in [3.8, 4) is 5.69 Å². The van der Waals surface area contributed by atoms with Gasteiger partial charge in [0, 0.05) is 6.54 Å². The third-order valence-corrected chi connectivity index (χ3v) is 6.29. The lowest BCUT2D eigenvalue weighted by Crippen LogP contribution is -2.33. The van der Waals surface area contributed by atoms with Crippen molar-refractivity contribution in [2.45, 2.75) is 51.4 Å². The van der Waals surface area contributed by atoms with Gasteiger partial charge in [-0.05, 0) is 62.4 Å². The van der Waals surface area contributed by atoms with Gasteiger partial charge in [-0.25, -0.2) is 4.98 Å². The van der Waals surface area contributed by atoms with Crippen LogP contribution in [0.4, 0.5) is 0 Å². The highest BCUT2D eigenvalue weighted by Crippen LogP contribution is 2.27. The molecule has 3 aromatic rings. The fourth-order valence-electron chi connectivity index (χ4n) is 3.22. The summed E-state index contributed by atoms with van der Waals surface area (Å²) in [4.78, 5) is 30.8. The summed E-state index contributed by atoms with van der Waals surface area (Å²) in [5.74, 6) is 0.487. The van der Waals surface area contributed by atoms with E-state index in [1.54, 1.807) is 10.6 Å². The van der Waals surface area contributed by atoms with E-state index in [9.17, 15) is 9.59 Å². The molecule has 158 valence electrons. The van der Waals surface area contributed by atoms with Gasteiger partial charge in [0.05, 0.1) is 21.8 Å². The molecule has 1 aromatic heterocycles. The van der Waals surface area contributed by atoms with Crippen molar-refractivity contribution in [1.29, 1.82) is 0 Å². The Morgan fingerprint density at radius 3 is 2.57 bits per heavy atom. The van der Waals surface area contributed by atoms with Gasteiger partial charge >= 0.3 is 0 Å². The van der Waals surface area contributed by atoms with E-state index >= 15 is 0 Å². The first kappa shape index (κ1) is 22.1. The Morgan fingerprint density at radius 1 is 1.10 bits per heavy atom. The molecule has 0 spiro atoms. The predicted octanol–water partition coefficient (Wildman–Crippen LogP) is 4.65. The van der Waals surface area contributed by atoms with Crippen LogP contribution in [0.15, 0.2) is 52.4 Å². The molecule has 0 aliphatic rings. The molecular formula is C24H29N3O2S. The molecule has 30 heavy (non-hydrogen) atoms. The zero-order valence-corrected chi connectivity index (χ0v) is 19.0. The smallest absolute Gasteiger partial charge is 0.266 e. The molecule has 0 aliphatic heterocycles. The minimum absolute atomic E-state index is 0.0458. The Kier molecular flexibility index (Phi) is 6.98. The van der Waals surface area contributed by atoms with E-state index in [0.717, 1.165) is 23.2 Å². The summed E-state index contributed by atoms with van der Waals surface area (Å²) in [6.07, 6.45) is 0.935. The van der Waals surface area contributed by atoms with Gasteiger partial charge in [0.25, 0.3) is 5.56 Å². The van der Waals surface area contributed by atoms with Crippen LogP contribution in [0.3, 0.4) is 0 Å². The summed E-state index contributed by atoms with van der Waals surface area (Å²) in [5, 5.41) is 3.71. The summed E-state index contributed by atoms with van der Waals surface area (Å²) in [6.45, 7) is 10.8. The highest BCUT2D eigenvalue weighted by molar-refractivity contribution is 8.00. The largest absolute Gasteiger partial charge is 0.355 e. The second kappa shape index (κ2) is 9.47. The Labute approximate surface area is 181 Å². The number of nitrogens with zero attached hydrogens (tertiary/aromatic N) is 2. The first-order valence-corrected chi connectivity index (χ1v) is 11.2. The summed E-state index contributed by atoms with van der Waals surface area (Å²) >= 11 is 1.32. The number of carbonyl (C=O) groups is 1. The molecule has 6 heteroatoms. The first-order valence-electron chi connectivity index (χ1n) is 10.3. The van der Waals surface area contributed by atoms with Gasteiger partial charge in [-0.3, -0.25) is 14.2 Å². The topological polar surface area (TPSA) is 64.0 Å². The highest BCUT2D eigenvalue weighted by Gasteiger charge is 2.21. The van der Waals surface area contributed by atoms with Crippen molar-refractivity contribution in [3.63, 3.8) is 0 Å². The Bertz CT molecular complexity index is 1120. The van der Waals surface area contributed by atoms with E-state index in [1.807, 2.05) is 57.2 Å². The molecule has 1 unspecified atom stereocenters. The second-order valence-electron chi connectivity index (χ2n) is 8.00. The molecule has 2 aromatic carbocycles. The van der Waals surface area contributed by atoms with E-state index in [4.69, 9.17) is 4.98 Å². The maximum atomic E-state index is 13.4. The van der Waals surface area contributed by atoms with Crippen LogP contribution < -0.4 is 10.9 Å². The third-order valence-electron chi connectivity index (χ3n) is 5.23. The van der Waals surface area contributed by atoms with Crippen LogP contribution in [0.2, 0.25) is 0 Å². The van der Waals surface area contributed by atoms with Gasteiger partial charge in [0.1, 0.15) is 0 Å². The lowest BCUT2D eigenvalue weighted by atomic mass is 10.1. The molecule has 1 amide bonds. The number of thioether (sulfide) groups is 1. The van der Waals surface area contributed by atoms with E-state index in [0.29, 0.717) is 28.5 Å². The van der Waals surface area contributed by atoms with Crippen LogP contribution in [0.5, 0.6) is 0 Å². The summed E-state index contributed by atoms with van der Waals surface area (Å²) in [5.41, 5.74) is 3.44. The van der Waals surface area contributed by atoms with Crippen molar-refractivity contribution in [3.05, 3.63) is 63.9 Å². The Morgan fingerprint density at radius 2 is 1.83 bits per heavy atom. The van der Waals surface area contributed by atoms with E-state index < -0.39 is 0 Å². The number of carbonyl (C=O) groups excluding carboxylic acids is 1. The lowest BCUT2D eigenvalue weighted by Gasteiger charge is -2.18. The number of nitrogens with one attached hydrogen (secondary N) is 1. The fraction of sp³-hybridized carbons (Fsp3) is 0.375. The fourth-order valence-corrected chi connectivity index (χ4v) is 4.17.